The van der Waals surface area contributed by atoms with Gasteiger partial charge in [-0.3, -0.25) is 19.4 Å². The van der Waals surface area contributed by atoms with Crippen molar-refractivity contribution in [3.05, 3.63) is 29.6 Å². The first-order valence-corrected chi connectivity index (χ1v) is 9.59. The summed E-state index contributed by atoms with van der Waals surface area (Å²) in [7, 11) is 0. The van der Waals surface area contributed by atoms with Crippen LogP contribution in [0.1, 0.15) is 37.9 Å². The summed E-state index contributed by atoms with van der Waals surface area (Å²) >= 11 is 0. The van der Waals surface area contributed by atoms with Crippen LogP contribution < -0.4 is 0 Å². The Morgan fingerprint density at radius 3 is 2.86 bits per heavy atom. The van der Waals surface area contributed by atoms with Gasteiger partial charge in [0, 0.05) is 19.2 Å². The molecule has 3 atom stereocenters. The average Bonchev–Trinajstić information content (AvgIpc) is 3.27. The fraction of sp³-hybridized carbons (Fsp3) is 0.600. The summed E-state index contributed by atoms with van der Waals surface area (Å²) < 4.78 is 6.18. The van der Waals surface area contributed by atoms with E-state index in [1.54, 1.807) is 6.20 Å². The largest absolute Gasteiger partial charge is 0.483 e. The number of ether oxygens (including phenoxy) is 1. The molecule has 0 radical (unpaired) electrons. The van der Waals surface area contributed by atoms with Crippen molar-refractivity contribution < 1.29 is 24.2 Å². The summed E-state index contributed by atoms with van der Waals surface area (Å²) in [6.07, 6.45) is 3.08. The number of carbonyl (C=O) groups is 3. The van der Waals surface area contributed by atoms with Crippen molar-refractivity contribution in [1.82, 2.24) is 14.8 Å². The van der Waals surface area contributed by atoms with Crippen molar-refractivity contribution >= 4 is 18.3 Å². The van der Waals surface area contributed by atoms with E-state index in [-0.39, 0.29) is 36.8 Å². The Labute approximate surface area is 164 Å². The van der Waals surface area contributed by atoms with Crippen molar-refractivity contribution in [2.24, 2.45) is 5.92 Å². The molecule has 0 aliphatic carbocycles. The first-order chi connectivity index (χ1) is 13.4. The first kappa shape index (κ1) is 20.3. The summed E-state index contributed by atoms with van der Waals surface area (Å²) in [4.78, 5) is 42.1. The van der Waals surface area contributed by atoms with E-state index in [4.69, 9.17) is 14.6 Å². The Balaban J connectivity index is 0.000000706. The molecule has 4 rings (SSSR count). The SMILES string of the molecule is Cc1cccnc1CC(=O)N1CC[C@@]23OC[C@@H](C(C)C)N2C(=O)C[C@@H]13.O=CO. The third-order valence-electron chi connectivity index (χ3n) is 6.01. The smallest absolute Gasteiger partial charge is 0.290 e. The highest BCUT2D eigenvalue weighted by Gasteiger charge is 2.65. The van der Waals surface area contributed by atoms with Crippen LogP contribution in [0, 0.1) is 12.8 Å². The van der Waals surface area contributed by atoms with Crippen LogP contribution in [0.2, 0.25) is 0 Å². The zero-order valence-electron chi connectivity index (χ0n) is 16.5. The predicted octanol–water partition coefficient (Wildman–Crippen LogP) is 1.22. The summed E-state index contributed by atoms with van der Waals surface area (Å²) in [5, 5.41) is 6.89. The van der Waals surface area contributed by atoms with Gasteiger partial charge in [0.05, 0.1) is 37.2 Å². The van der Waals surface area contributed by atoms with Gasteiger partial charge in [-0.2, -0.15) is 0 Å². The summed E-state index contributed by atoms with van der Waals surface area (Å²) in [5.74, 6) is 0.505. The maximum atomic E-state index is 12.9. The van der Waals surface area contributed by atoms with Gasteiger partial charge < -0.3 is 19.6 Å². The maximum absolute atomic E-state index is 12.9. The van der Waals surface area contributed by atoms with E-state index in [2.05, 4.69) is 18.8 Å². The van der Waals surface area contributed by atoms with Gasteiger partial charge in [-0.25, -0.2) is 0 Å². The molecule has 1 N–H and O–H groups in total. The highest BCUT2D eigenvalue weighted by molar-refractivity contribution is 5.85. The summed E-state index contributed by atoms with van der Waals surface area (Å²) in [6, 6.07) is 3.79. The molecule has 152 valence electrons. The number of hydrogen-bond donors (Lipinski definition) is 1. The fourth-order valence-corrected chi connectivity index (χ4v) is 4.62. The monoisotopic (exact) mass is 389 g/mol. The van der Waals surface area contributed by atoms with E-state index >= 15 is 0 Å². The van der Waals surface area contributed by atoms with E-state index in [0.29, 0.717) is 31.9 Å². The Bertz CT molecular complexity index is 768. The van der Waals surface area contributed by atoms with Crippen molar-refractivity contribution in [2.45, 2.75) is 57.8 Å². The van der Waals surface area contributed by atoms with Gasteiger partial charge in [-0.05, 0) is 24.5 Å². The Morgan fingerprint density at radius 1 is 1.50 bits per heavy atom. The molecule has 3 aliphatic heterocycles. The first-order valence-electron chi connectivity index (χ1n) is 9.59. The molecule has 0 bridgehead atoms. The highest BCUT2D eigenvalue weighted by atomic mass is 16.5. The lowest BCUT2D eigenvalue weighted by Gasteiger charge is -2.34. The van der Waals surface area contributed by atoms with Crippen LogP contribution >= 0.6 is 0 Å². The van der Waals surface area contributed by atoms with Gasteiger partial charge in [-0.1, -0.05) is 19.9 Å². The van der Waals surface area contributed by atoms with Crippen LogP contribution in [0.5, 0.6) is 0 Å². The van der Waals surface area contributed by atoms with Gasteiger partial charge in [0.25, 0.3) is 6.47 Å². The van der Waals surface area contributed by atoms with Crippen LogP contribution in [0.3, 0.4) is 0 Å². The lowest BCUT2D eigenvalue weighted by Crippen LogP contribution is -2.51. The second-order valence-electron chi connectivity index (χ2n) is 7.84. The number of rotatable bonds is 3. The molecule has 3 aliphatic rings. The third kappa shape index (κ3) is 3.26. The number of carboxylic acid groups (broad SMARTS) is 1. The summed E-state index contributed by atoms with van der Waals surface area (Å²) in [6.45, 7) is 7.17. The minimum Gasteiger partial charge on any atom is -0.483 e. The zero-order chi connectivity index (χ0) is 20.5. The van der Waals surface area contributed by atoms with Crippen LogP contribution in [0.15, 0.2) is 18.3 Å². The number of hydrogen-bond acceptors (Lipinski definition) is 5. The molecule has 0 saturated carbocycles. The number of likely N-dealkylation sites (tertiary alicyclic amines) is 1. The van der Waals surface area contributed by atoms with E-state index < -0.39 is 5.72 Å². The Morgan fingerprint density at radius 2 is 2.21 bits per heavy atom. The van der Waals surface area contributed by atoms with E-state index in [1.165, 1.54) is 0 Å². The molecule has 4 heterocycles. The molecular formula is C20H27N3O5. The van der Waals surface area contributed by atoms with Crippen LogP contribution in [-0.4, -0.2) is 69.1 Å². The molecule has 8 nitrogen and oxygen atoms in total. The Hall–Kier alpha value is -2.48. The lowest BCUT2D eigenvalue weighted by atomic mass is 10.0. The van der Waals surface area contributed by atoms with Gasteiger partial charge in [0.15, 0.2) is 5.72 Å². The highest BCUT2D eigenvalue weighted by Crippen LogP contribution is 2.48. The molecule has 1 spiro atoms. The number of amides is 2. The molecule has 28 heavy (non-hydrogen) atoms. The Kier molecular flexibility index (Phi) is 5.69. The number of aryl methyl sites for hydroxylation is 1. The van der Waals surface area contributed by atoms with Crippen molar-refractivity contribution in [3.63, 3.8) is 0 Å². The molecule has 8 heteroatoms. The molecular weight excluding hydrogens is 362 g/mol. The molecule has 3 saturated heterocycles. The lowest BCUT2D eigenvalue weighted by molar-refractivity contribution is -0.141. The quantitative estimate of drug-likeness (QED) is 0.780. The van der Waals surface area contributed by atoms with Crippen molar-refractivity contribution in [1.29, 1.82) is 0 Å². The van der Waals surface area contributed by atoms with E-state index in [0.717, 1.165) is 11.3 Å². The molecule has 3 fully saturated rings. The predicted molar refractivity (Wildman–Crippen MR) is 100 cm³/mol. The number of nitrogens with zero attached hydrogens (tertiary/aromatic N) is 3. The van der Waals surface area contributed by atoms with Crippen LogP contribution in [0.25, 0.3) is 0 Å². The summed E-state index contributed by atoms with van der Waals surface area (Å²) in [5.41, 5.74) is 1.23. The molecule has 2 amide bonds. The van der Waals surface area contributed by atoms with Gasteiger partial charge in [-0.15, -0.1) is 0 Å². The number of aromatic nitrogens is 1. The number of pyridine rings is 1. The van der Waals surface area contributed by atoms with E-state index in [1.807, 2.05) is 28.9 Å². The van der Waals surface area contributed by atoms with Gasteiger partial charge in [0.2, 0.25) is 11.8 Å². The molecule has 1 aromatic heterocycles. The fourth-order valence-electron chi connectivity index (χ4n) is 4.62. The number of carbonyl (C=O) groups excluding carboxylic acids is 2. The average molecular weight is 389 g/mol. The van der Waals surface area contributed by atoms with E-state index in [9.17, 15) is 9.59 Å². The normalized spacial score (nSPS) is 28.1. The standard InChI is InChI=1S/C19H25N3O3.CH2O2/c1-12(2)15-11-25-19-6-8-21(16(19)10-18(24)22(15)19)17(23)9-14-13(3)5-4-7-20-14;2-1-3/h4-5,7,12,15-16H,6,8-11H2,1-3H3;1H,(H,2,3)/t15-,16+,19-;/m0./s1. The second kappa shape index (κ2) is 7.87. The minimum absolute atomic E-state index is 0.0370. The maximum Gasteiger partial charge on any atom is 0.290 e. The molecule has 1 aromatic rings. The zero-order valence-corrected chi connectivity index (χ0v) is 16.5. The van der Waals surface area contributed by atoms with Gasteiger partial charge in [0.1, 0.15) is 0 Å². The van der Waals surface area contributed by atoms with Crippen molar-refractivity contribution in [3.8, 4) is 0 Å². The topological polar surface area (TPSA) is 100 Å². The van der Waals surface area contributed by atoms with Crippen LogP contribution in [-0.2, 0) is 25.5 Å². The second-order valence-corrected chi connectivity index (χ2v) is 7.84. The van der Waals surface area contributed by atoms with Crippen molar-refractivity contribution in [2.75, 3.05) is 13.2 Å². The third-order valence-corrected chi connectivity index (χ3v) is 6.01. The molecule has 0 aromatic carbocycles. The minimum atomic E-state index is -0.596. The van der Waals surface area contributed by atoms with Crippen LogP contribution in [0.4, 0.5) is 0 Å². The van der Waals surface area contributed by atoms with Gasteiger partial charge >= 0.3 is 0 Å². The molecule has 0 unspecified atom stereocenters.